The minimum Gasteiger partial charge on any atom is -0.396 e. The summed E-state index contributed by atoms with van der Waals surface area (Å²) >= 11 is 0. The number of hydrogen-bond acceptors (Lipinski definition) is 7. The zero-order chi connectivity index (χ0) is 22.8. The summed E-state index contributed by atoms with van der Waals surface area (Å²) in [5, 5.41) is 19.4. The van der Waals surface area contributed by atoms with Crippen molar-refractivity contribution in [3.63, 3.8) is 0 Å². The molecule has 33 heavy (non-hydrogen) atoms. The van der Waals surface area contributed by atoms with Gasteiger partial charge in [0.2, 0.25) is 5.95 Å². The minimum atomic E-state index is -0.637. The normalized spacial score (nSPS) is 25.4. The number of aliphatic hydroxyl groups is 1. The fraction of sp³-hybridized carbons (Fsp3) is 0.583. The van der Waals surface area contributed by atoms with Crippen LogP contribution in [0.4, 0.5) is 31.9 Å². The summed E-state index contributed by atoms with van der Waals surface area (Å²) in [5.74, 6) is 0.365. The second-order valence-electron chi connectivity index (χ2n) is 9.46. The lowest BCUT2D eigenvalue weighted by Gasteiger charge is -2.38. The third-order valence-corrected chi connectivity index (χ3v) is 7.23. The van der Waals surface area contributed by atoms with Crippen LogP contribution in [-0.2, 0) is 0 Å². The number of fused-ring (bicyclic) bond motifs is 1. The van der Waals surface area contributed by atoms with Crippen molar-refractivity contribution in [2.24, 2.45) is 5.92 Å². The van der Waals surface area contributed by atoms with E-state index in [-0.39, 0.29) is 18.3 Å². The molecule has 1 aliphatic heterocycles. The topological polar surface area (TPSA) is 85.3 Å². The molecule has 0 bridgehead atoms. The van der Waals surface area contributed by atoms with Crippen LogP contribution in [0, 0.1) is 17.6 Å². The van der Waals surface area contributed by atoms with Gasteiger partial charge in [0.15, 0.2) is 12.1 Å². The van der Waals surface area contributed by atoms with Crippen LogP contribution in [0.15, 0.2) is 24.4 Å². The van der Waals surface area contributed by atoms with E-state index >= 15 is 0 Å². The van der Waals surface area contributed by atoms with Crippen LogP contribution in [0.25, 0.3) is 0 Å². The number of nitrogens with zero attached hydrogens (tertiary/aromatic N) is 3. The van der Waals surface area contributed by atoms with Crippen LogP contribution in [0.1, 0.15) is 57.8 Å². The van der Waals surface area contributed by atoms with Gasteiger partial charge in [0.1, 0.15) is 17.3 Å². The van der Waals surface area contributed by atoms with E-state index in [2.05, 4.69) is 25.8 Å². The summed E-state index contributed by atoms with van der Waals surface area (Å²) in [7, 11) is 0. The van der Waals surface area contributed by atoms with Gasteiger partial charge in [0.05, 0.1) is 11.9 Å². The number of benzene rings is 1. The Morgan fingerprint density at radius 1 is 1.00 bits per heavy atom. The summed E-state index contributed by atoms with van der Waals surface area (Å²) in [6, 6.07) is 4.36. The summed E-state index contributed by atoms with van der Waals surface area (Å²) in [5.41, 5.74) is 0.577. The third-order valence-electron chi connectivity index (χ3n) is 7.23. The molecule has 3 aliphatic rings. The lowest BCUT2D eigenvalue weighted by atomic mass is 9.86. The van der Waals surface area contributed by atoms with Gasteiger partial charge in [0, 0.05) is 18.7 Å². The molecule has 1 aromatic carbocycles. The van der Waals surface area contributed by atoms with Crippen LogP contribution >= 0.6 is 0 Å². The zero-order valence-corrected chi connectivity index (χ0v) is 18.7. The Bertz CT molecular complexity index is 942. The van der Waals surface area contributed by atoms with Crippen LogP contribution in [0.3, 0.4) is 0 Å². The molecule has 7 nitrogen and oxygen atoms in total. The van der Waals surface area contributed by atoms with Crippen LogP contribution in [0.5, 0.6) is 0 Å². The Balaban J connectivity index is 1.42. The van der Waals surface area contributed by atoms with E-state index < -0.39 is 17.9 Å². The molecule has 0 spiro atoms. The molecule has 5 rings (SSSR count). The number of nitrogens with one attached hydrogen (secondary N) is 3. The van der Waals surface area contributed by atoms with Gasteiger partial charge >= 0.3 is 0 Å². The summed E-state index contributed by atoms with van der Waals surface area (Å²) < 4.78 is 28.8. The van der Waals surface area contributed by atoms with Gasteiger partial charge in [-0.3, -0.25) is 0 Å². The molecular formula is C24H32F2N6O. The van der Waals surface area contributed by atoms with Crippen molar-refractivity contribution in [3.8, 4) is 0 Å². The molecule has 2 saturated carbocycles. The van der Waals surface area contributed by atoms with Crippen molar-refractivity contribution in [1.82, 2.24) is 9.97 Å². The van der Waals surface area contributed by atoms with Gasteiger partial charge in [-0.1, -0.05) is 25.3 Å². The Kier molecular flexibility index (Phi) is 6.48. The number of halogens is 2. The maximum absolute atomic E-state index is 14.4. The van der Waals surface area contributed by atoms with Crippen LogP contribution < -0.4 is 20.9 Å². The molecule has 178 valence electrons. The molecule has 1 aromatic heterocycles. The molecule has 2 heterocycles. The van der Waals surface area contributed by atoms with Gasteiger partial charge in [0.25, 0.3) is 0 Å². The lowest BCUT2D eigenvalue weighted by molar-refractivity contribution is 0.180. The number of rotatable bonds is 6. The van der Waals surface area contributed by atoms with Crippen molar-refractivity contribution in [1.29, 1.82) is 0 Å². The van der Waals surface area contributed by atoms with E-state index in [1.807, 2.05) is 0 Å². The molecular weight excluding hydrogens is 426 g/mol. The van der Waals surface area contributed by atoms with E-state index in [1.54, 1.807) is 6.20 Å². The highest BCUT2D eigenvalue weighted by Crippen LogP contribution is 2.40. The van der Waals surface area contributed by atoms with Gasteiger partial charge in [-0.25, -0.2) is 13.8 Å². The van der Waals surface area contributed by atoms with E-state index in [1.165, 1.54) is 37.5 Å². The molecule has 1 atom stereocenters. The largest absolute Gasteiger partial charge is 0.396 e. The van der Waals surface area contributed by atoms with E-state index in [4.69, 9.17) is 4.98 Å². The van der Waals surface area contributed by atoms with E-state index in [9.17, 15) is 13.9 Å². The Hall–Kier alpha value is -2.68. The fourth-order valence-corrected chi connectivity index (χ4v) is 5.38. The molecule has 0 radical (unpaired) electrons. The van der Waals surface area contributed by atoms with Crippen molar-refractivity contribution >= 4 is 23.1 Å². The molecule has 2 fully saturated rings. The quantitative estimate of drug-likeness (QED) is 0.500. The number of aromatic nitrogens is 2. The SMILES string of the molecule is OCC1CCC(N2c3nc(NC4CCCCC4)ncc3NC2Nc2c(F)cccc2F)CC1. The Morgan fingerprint density at radius 2 is 1.73 bits per heavy atom. The highest BCUT2D eigenvalue weighted by molar-refractivity contribution is 5.74. The predicted octanol–water partition coefficient (Wildman–Crippen LogP) is 4.68. The first-order valence-electron chi connectivity index (χ1n) is 12.1. The first-order chi connectivity index (χ1) is 16.1. The average molecular weight is 459 g/mol. The van der Waals surface area contributed by atoms with E-state index in [0.717, 1.165) is 50.0 Å². The first-order valence-corrected chi connectivity index (χ1v) is 12.1. The maximum atomic E-state index is 14.4. The number of hydrogen-bond donors (Lipinski definition) is 4. The van der Waals surface area contributed by atoms with Gasteiger partial charge in [-0.05, 0) is 56.6 Å². The lowest BCUT2D eigenvalue weighted by Crippen LogP contribution is -2.49. The minimum absolute atomic E-state index is 0.131. The molecule has 1 unspecified atom stereocenters. The van der Waals surface area contributed by atoms with Crippen LogP contribution in [-0.4, -0.2) is 40.1 Å². The molecule has 4 N–H and O–H groups in total. The van der Waals surface area contributed by atoms with Gasteiger partial charge in [-0.2, -0.15) is 4.98 Å². The van der Waals surface area contributed by atoms with Crippen molar-refractivity contribution in [3.05, 3.63) is 36.0 Å². The maximum Gasteiger partial charge on any atom is 0.224 e. The Labute approximate surface area is 193 Å². The number of para-hydroxylation sites is 1. The summed E-state index contributed by atoms with van der Waals surface area (Å²) in [6.07, 6.45) is 10.7. The highest BCUT2D eigenvalue weighted by atomic mass is 19.1. The molecule has 9 heteroatoms. The molecule has 0 amide bonds. The summed E-state index contributed by atoms with van der Waals surface area (Å²) in [6.45, 7) is 0.196. The molecule has 2 aliphatic carbocycles. The molecule has 2 aromatic rings. The first kappa shape index (κ1) is 22.1. The summed E-state index contributed by atoms with van der Waals surface area (Å²) in [4.78, 5) is 11.4. The fourth-order valence-electron chi connectivity index (χ4n) is 5.38. The second-order valence-corrected chi connectivity index (χ2v) is 9.46. The van der Waals surface area contributed by atoms with Crippen molar-refractivity contribution in [2.45, 2.75) is 76.2 Å². The molecule has 0 saturated heterocycles. The second kappa shape index (κ2) is 9.67. The third kappa shape index (κ3) is 4.69. The smallest absolute Gasteiger partial charge is 0.224 e. The number of anilines is 4. The van der Waals surface area contributed by atoms with Gasteiger partial charge in [-0.15, -0.1) is 0 Å². The Morgan fingerprint density at radius 3 is 2.42 bits per heavy atom. The standard InChI is InChI=1S/C24H32F2N6O/c25-18-7-4-8-19(26)21(18)30-24-29-20-13-27-23(28-16-5-2-1-3-6-16)31-22(20)32(24)17-11-9-15(14-33)10-12-17/h4,7-8,13,15-17,24,29-30,33H,1-3,5-6,9-12,14H2,(H,27,28,31). The average Bonchev–Trinajstić information content (AvgIpc) is 3.19. The van der Waals surface area contributed by atoms with Crippen molar-refractivity contribution in [2.75, 3.05) is 27.5 Å². The highest BCUT2D eigenvalue weighted by Gasteiger charge is 2.38. The zero-order valence-electron chi connectivity index (χ0n) is 18.7. The van der Waals surface area contributed by atoms with Gasteiger partial charge < -0.3 is 26.0 Å². The number of aliphatic hydroxyl groups excluding tert-OH is 1. The van der Waals surface area contributed by atoms with Crippen LogP contribution in [0.2, 0.25) is 0 Å². The van der Waals surface area contributed by atoms with Crippen molar-refractivity contribution < 1.29 is 13.9 Å². The predicted molar refractivity (Wildman–Crippen MR) is 125 cm³/mol. The monoisotopic (exact) mass is 458 g/mol. The van der Waals surface area contributed by atoms with E-state index in [0.29, 0.717) is 17.9 Å².